The molecular formula is C11H18N2O3. The van der Waals surface area contributed by atoms with Gasteiger partial charge in [0, 0.05) is 13.1 Å². The van der Waals surface area contributed by atoms with Crippen molar-refractivity contribution in [3.05, 3.63) is 0 Å². The van der Waals surface area contributed by atoms with E-state index in [2.05, 4.69) is 0 Å². The van der Waals surface area contributed by atoms with Gasteiger partial charge in [-0.05, 0) is 32.2 Å². The van der Waals surface area contributed by atoms with Crippen molar-refractivity contribution in [2.24, 2.45) is 0 Å². The van der Waals surface area contributed by atoms with Crippen LogP contribution in [0.3, 0.4) is 0 Å². The van der Waals surface area contributed by atoms with Gasteiger partial charge in [-0.15, -0.1) is 0 Å². The molecule has 90 valence electrons. The van der Waals surface area contributed by atoms with Crippen LogP contribution in [0.2, 0.25) is 0 Å². The number of carboxylic acid groups (broad SMARTS) is 1. The van der Waals surface area contributed by atoms with E-state index in [1.165, 1.54) is 0 Å². The number of hydrogen-bond acceptors (Lipinski definition) is 3. The number of amides is 1. The van der Waals surface area contributed by atoms with Crippen LogP contribution in [-0.4, -0.2) is 59.0 Å². The van der Waals surface area contributed by atoms with Crippen molar-refractivity contribution < 1.29 is 14.7 Å². The quantitative estimate of drug-likeness (QED) is 0.741. The van der Waals surface area contributed by atoms with E-state index in [0.29, 0.717) is 12.5 Å². The van der Waals surface area contributed by atoms with Crippen molar-refractivity contribution >= 4 is 11.9 Å². The SMILES string of the molecule is CN(C(=O)CN1CCCC1C(=O)O)C1CC1. The van der Waals surface area contributed by atoms with Gasteiger partial charge < -0.3 is 10.0 Å². The molecule has 0 aromatic carbocycles. The van der Waals surface area contributed by atoms with Crippen molar-refractivity contribution in [3.8, 4) is 0 Å². The molecule has 2 aliphatic rings. The highest BCUT2D eigenvalue weighted by molar-refractivity contribution is 5.80. The van der Waals surface area contributed by atoms with Gasteiger partial charge in [-0.25, -0.2) is 0 Å². The molecule has 0 aromatic heterocycles. The third-order valence-corrected chi connectivity index (χ3v) is 3.48. The molecule has 1 amide bonds. The van der Waals surface area contributed by atoms with E-state index >= 15 is 0 Å². The lowest BCUT2D eigenvalue weighted by Gasteiger charge is -2.24. The molecule has 1 aliphatic heterocycles. The molecule has 1 atom stereocenters. The van der Waals surface area contributed by atoms with Gasteiger partial charge in [0.05, 0.1) is 6.54 Å². The number of aliphatic carboxylic acids is 1. The molecule has 1 heterocycles. The van der Waals surface area contributed by atoms with Gasteiger partial charge in [0.25, 0.3) is 0 Å². The van der Waals surface area contributed by atoms with E-state index in [-0.39, 0.29) is 12.5 Å². The Bertz CT molecular complexity index is 302. The zero-order valence-corrected chi connectivity index (χ0v) is 9.56. The van der Waals surface area contributed by atoms with Crippen molar-refractivity contribution in [3.63, 3.8) is 0 Å². The first-order valence-corrected chi connectivity index (χ1v) is 5.82. The summed E-state index contributed by atoms with van der Waals surface area (Å²) in [6, 6.07) is -0.0602. The molecule has 0 aromatic rings. The Balaban J connectivity index is 1.88. The second kappa shape index (κ2) is 4.41. The van der Waals surface area contributed by atoms with Crippen molar-refractivity contribution in [2.45, 2.75) is 37.8 Å². The molecule has 2 rings (SSSR count). The third-order valence-electron chi connectivity index (χ3n) is 3.48. The molecule has 5 nitrogen and oxygen atoms in total. The van der Waals surface area contributed by atoms with E-state index in [0.717, 1.165) is 25.8 Å². The van der Waals surface area contributed by atoms with Gasteiger partial charge in [-0.2, -0.15) is 0 Å². The molecule has 5 heteroatoms. The fourth-order valence-electron chi connectivity index (χ4n) is 2.25. The topological polar surface area (TPSA) is 60.9 Å². The average Bonchev–Trinajstić information content (AvgIpc) is 2.97. The van der Waals surface area contributed by atoms with Crippen LogP contribution in [0, 0.1) is 0 Å². The maximum absolute atomic E-state index is 11.8. The predicted octanol–water partition coefficient (Wildman–Crippen LogP) is 0.156. The lowest BCUT2D eigenvalue weighted by Crippen LogP contribution is -2.44. The fraction of sp³-hybridized carbons (Fsp3) is 0.818. The summed E-state index contributed by atoms with van der Waals surface area (Å²) in [4.78, 5) is 26.3. The molecule has 1 saturated heterocycles. The van der Waals surface area contributed by atoms with Gasteiger partial charge >= 0.3 is 5.97 Å². The highest BCUT2D eigenvalue weighted by Crippen LogP contribution is 2.26. The molecule has 1 N–H and O–H groups in total. The monoisotopic (exact) mass is 226 g/mol. The average molecular weight is 226 g/mol. The number of likely N-dealkylation sites (N-methyl/N-ethyl adjacent to an activating group) is 1. The van der Waals surface area contributed by atoms with Crippen molar-refractivity contribution in [1.82, 2.24) is 9.80 Å². The summed E-state index contributed by atoms with van der Waals surface area (Å²) >= 11 is 0. The lowest BCUT2D eigenvalue weighted by atomic mass is 10.2. The molecular weight excluding hydrogens is 208 g/mol. The van der Waals surface area contributed by atoms with Crippen LogP contribution in [0.25, 0.3) is 0 Å². The molecule has 2 fully saturated rings. The second-order valence-electron chi connectivity index (χ2n) is 4.70. The molecule has 1 aliphatic carbocycles. The molecule has 16 heavy (non-hydrogen) atoms. The van der Waals surface area contributed by atoms with Gasteiger partial charge in [0.1, 0.15) is 6.04 Å². The normalized spacial score (nSPS) is 25.7. The van der Waals surface area contributed by atoms with Crippen molar-refractivity contribution in [1.29, 1.82) is 0 Å². The number of rotatable bonds is 4. The number of carboxylic acids is 1. The first kappa shape index (κ1) is 11.4. The minimum absolute atomic E-state index is 0.0515. The molecule has 1 unspecified atom stereocenters. The minimum Gasteiger partial charge on any atom is -0.480 e. The standard InChI is InChI=1S/C11H18N2O3/c1-12(8-4-5-8)10(14)7-13-6-2-3-9(13)11(15)16/h8-9H,2-7H2,1H3,(H,15,16). The predicted molar refractivity (Wildman–Crippen MR) is 58.0 cm³/mol. The molecule has 0 bridgehead atoms. The summed E-state index contributed by atoms with van der Waals surface area (Å²) in [5, 5.41) is 8.99. The summed E-state index contributed by atoms with van der Waals surface area (Å²) in [5.41, 5.74) is 0. The maximum Gasteiger partial charge on any atom is 0.320 e. The Hall–Kier alpha value is -1.10. The largest absolute Gasteiger partial charge is 0.480 e. The van der Waals surface area contributed by atoms with Gasteiger partial charge in [0.2, 0.25) is 5.91 Å². The second-order valence-corrected chi connectivity index (χ2v) is 4.70. The van der Waals surface area contributed by atoms with Gasteiger partial charge in [-0.1, -0.05) is 0 Å². The van der Waals surface area contributed by atoms with E-state index < -0.39 is 12.0 Å². The van der Waals surface area contributed by atoms with Crippen LogP contribution in [0.5, 0.6) is 0 Å². The lowest BCUT2D eigenvalue weighted by molar-refractivity contribution is -0.143. The van der Waals surface area contributed by atoms with Crippen molar-refractivity contribution in [2.75, 3.05) is 20.1 Å². The van der Waals surface area contributed by atoms with Crippen LogP contribution in [0.15, 0.2) is 0 Å². The number of carbonyl (C=O) groups excluding carboxylic acids is 1. The zero-order chi connectivity index (χ0) is 11.7. The highest BCUT2D eigenvalue weighted by Gasteiger charge is 2.35. The maximum atomic E-state index is 11.8. The Kier molecular flexibility index (Phi) is 3.14. The van der Waals surface area contributed by atoms with Crippen LogP contribution < -0.4 is 0 Å². The Morgan fingerprint density at radius 3 is 2.62 bits per heavy atom. The summed E-state index contributed by atoms with van der Waals surface area (Å²) in [6.07, 6.45) is 3.71. The Morgan fingerprint density at radius 1 is 1.38 bits per heavy atom. The first-order chi connectivity index (χ1) is 7.59. The minimum atomic E-state index is -0.806. The third kappa shape index (κ3) is 2.35. The first-order valence-electron chi connectivity index (χ1n) is 5.82. The number of carbonyl (C=O) groups is 2. The number of likely N-dealkylation sites (tertiary alicyclic amines) is 1. The Morgan fingerprint density at radius 2 is 2.06 bits per heavy atom. The van der Waals surface area contributed by atoms with Gasteiger partial charge in [0.15, 0.2) is 0 Å². The highest BCUT2D eigenvalue weighted by atomic mass is 16.4. The van der Waals surface area contributed by atoms with Gasteiger partial charge in [-0.3, -0.25) is 14.5 Å². The van der Waals surface area contributed by atoms with Crippen LogP contribution in [0.1, 0.15) is 25.7 Å². The molecule has 1 saturated carbocycles. The van der Waals surface area contributed by atoms with E-state index in [1.54, 1.807) is 9.80 Å². The number of hydrogen-bond donors (Lipinski definition) is 1. The number of nitrogens with zero attached hydrogens (tertiary/aromatic N) is 2. The van der Waals surface area contributed by atoms with E-state index in [4.69, 9.17) is 5.11 Å². The smallest absolute Gasteiger partial charge is 0.320 e. The van der Waals surface area contributed by atoms with Crippen LogP contribution in [-0.2, 0) is 9.59 Å². The van der Waals surface area contributed by atoms with Crippen LogP contribution in [0.4, 0.5) is 0 Å². The fourth-order valence-corrected chi connectivity index (χ4v) is 2.25. The molecule has 0 radical (unpaired) electrons. The molecule has 0 spiro atoms. The Labute approximate surface area is 95.0 Å². The van der Waals surface area contributed by atoms with E-state index in [1.807, 2.05) is 7.05 Å². The summed E-state index contributed by atoms with van der Waals surface area (Å²) in [7, 11) is 1.81. The zero-order valence-electron chi connectivity index (χ0n) is 9.56. The summed E-state index contributed by atoms with van der Waals surface area (Å²) in [5.74, 6) is -0.755. The summed E-state index contributed by atoms with van der Waals surface area (Å²) in [6.45, 7) is 0.977. The van der Waals surface area contributed by atoms with Crippen LogP contribution >= 0.6 is 0 Å². The summed E-state index contributed by atoms with van der Waals surface area (Å²) < 4.78 is 0. The van der Waals surface area contributed by atoms with E-state index in [9.17, 15) is 9.59 Å².